The summed E-state index contributed by atoms with van der Waals surface area (Å²) in [5.41, 5.74) is 7.18. The number of pyridine rings is 1. The lowest BCUT2D eigenvalue weighted by Gasteiger charge is -2.09. The molecule has 0 aliphatic heterocycles. The number of rotatable bonds is 3. The average Bonchev–Trinajstić information content (AvgIpc) is 2.56. The molecule has 2 aromatic rings. The van der Waals surface area contributed by atoms with Gasteiger partial charge in [-0.05, 0) is 51.5 Å². The highest BCUT2D eigenvalue weighted by atomic mass is 15.0. The predicted molar refractivity (Wildman–Crippen MR) is 75.9 cm³/mol. The average molecular weight is 243 g/mol. The molecule has 0 bridgehead atoms. The van der Waals surface area contributed by atoms with Gasteiger partial charge in [0.2, 0.25) is 0 Å². The monoisotopic (exact) mass is 243 g/mol. The van der Waals surface area contributed by atoms with Gasteiger partial charge in [0.1, 0.15) is 0 Å². The molecule has 0 radical (unpaired) electrons. The third kappa shape index (κ3) is 2.40. The second-order valence-electron chi connectivity index (χ2n) is 4.89. The van der Waals surface area contributed by atoms with E-state index in [-0.39, 0.29) is 0 Å². The van der Waals surface area contributed by atoms with E-state index in [1.807, 2.05) is 19.9 Å². The summed E-state index contributed by atoms with van der Waals surface area (Å²) < 4.78 is 2.22. The molecule has 0 saturated heterocycles. The first-order valence-corrected chi connectivity index (χ1v) is 6.29. The molecular weight excluding hydrogens is 222 g/mol. The van der Waals surface area contributed by atoms with Gasteiger partial charge in [0.05, 0.1) is 11.4 Å². The van der Waals surface area contributed by atoms with Gasteiger partial charge in [-0.25, -0.2) is 0 Å². The standard InChI is InChI=1S/C15H21N3/c1-10-6-7-15(12(3)17-10)16-9-14-8-11(2)18(5)13(14)4/h6-8,16H,9H2,1-5H3. The fourth-order valence-corrected chi connectivity index (χ4v) is 2.18. The van der Waals surface area contributed by atoms with Crippen LogP contribution in [-0.4, -0.2) is 9.55 Å². The molecule has 3 nitrogen and oxygen atoms in total. The molecule has 1 N–H and O–H groups in total. The Kier molecular flexibility index (Phi) is 3.41. The van der Waals surface area contributed by atoms with Crippen LogP contribution in [0, 0.1) is 27.7 Å². The Morgan fingerprint density at radius 1 is 1.17 bits per heavy atom. The molecule has 0 aliphatic rings. The summed E-state index contributed by atoms with van der Waals surface area (Å²) in [5.74, 6) is 0. The number of anilines is 1. The molecule has 0 amide bonds. The van der Waals surface area contributed by atoms with Crippen molar-refractivity contribution in [3.8, 4) is 0 Å². The van der Waals surface area contributed by atoms with Gasteiger partial charge < -0.3 is 9.88 Å². The molecule has 0 atom stereocenters. The third-order valence-electron chi connectivity index (χ3n) is 3.57. The number of hydrogen-bond acceptors (Lipinski definition) is 2. The van der Waals surface area contributed by atoms with E-state index in [0.717, 1.165) is 23.6 Å². The number of nitrogens with one attached hydrogen (secondary N) is 1. The van der Waals surface area contributed by atoms with E-state index in [4.69, 9.17) is 0 Å². The van der Waals surface area contributed by atoms with E-state index in [0.29, 0.717) is 0 Å². The van der Waals surface area contributed by atoms with Crippen molar-refractivity contribution in [3.63, 3.8) is 0 Å². The normalized spacial score (nSPS) is 10.7. The largest absolute Gasteiger partial charge is 0.379 e. The minimum absolute atomic E-state index is 0.846. The fraction of sp³-hybridized carbons (Fsp3) is 0.400. The van der Waals surface area contributed by atoms with Crippen LogP contribution in [0.2, 0.25) is 0 Å². The van der Waals surface area contributed by atoms with E-state index in [2.05, 4.69) is 47.9 Å². The van der Waals surface area contributed by atoms with Crippen molar-refractivity contribution in [2.45, 2.75) is 34.2 Å². The maximum absolute atomic E-state index is 4.46. The maximum Gasteiger partial charge on any atom is 0.0606 e. The quantitative estimate of drug-likeness (QED) is 0.896. The van der Waals surface area contributed by atoms with Gasteiger partial charge >= 0.3 is 0 Å². The molecule has 0 aliphatic carbocycles. The van der Waals surface area contributed by atoms with Gasteiger partial charge in [-0.2, -0.15) is 0 Å². The van der Waals surface area contributed by atoms with Crippen LogP contribution in [0.15, 0.2) is 18.2 Å². The topological polar surface area (TPSA) is 29.9 Å². The Hall–Kier alpha value is -1.77. The predicted octanol–water partition coefficient (Wildman–Crippen LogP) is 3.27. The first-order chi connectivity index (χ1) is 8.49. The van der Waals surface area contributed by atoms with Crippen LogP contribution in [0.4, 0.5) is 5.69 Å². The molecule has 0 spiro atoms. The molecule has 0 fully saturated rings. The van der Waals surface area contributed by atoms with Crippen molar-refractivity contribution in [1.82, 2.24) is 9.55 Å². The van der Waals surface area contributed by atoms with E-state index >= 15 is 0 Å². The molecule has 2 heterocycles. The minimum atomic E-state index is 0.846. The first-order valence-electron chi connectivity index (χ1n) is 6.29. The Morgan fingerprint density at radius 2 is 1.89 bits per heavy atom. The molecule has 0 aromatic carbocycles. The summed E-state index contributed by atoms with van der Waals surface area (Å²) in [7, 11) is 2.10. The maximum atomic E-state index is 4.46. The van der Waals surface area contributed by atoms with Crippen LogP contribution in [-0.2, 0) is 13.6 Å². The van der Waals surface area contributed by atoms with E-state index in [1.165, 1.54) is 17.0 Å². The molecule has 2 rings (SSSR count). The van der Waals surface area contributed by atoms with Gasteiger partial charge in [0.15, 0.2) is 0 Å². The van der Waals surface area contributed by atoms with Crippen LogP contribution in [0.5, 0.6) is 0 Å². The lowest BCUT2D eigenvalue weighted by molar-refractivity contribution is 0.836. The van der Waals surface area contributed by atoms with Crippen LogP contribution in [0.1, 0.15) is 28.3 Å². The lowest BCUT2D eigenvalue weighted by atomic mass is 10.2. The minimum Gasteiger partial charge on any atom is -0.379 e. The van der Waals surface area contributed by atoms with Crippen molar-refractivity contribution in [1.29, 1.82) is 0 Å². The van der Waals surface area contributed by atoms with Gasteiger partial charge in [-0.1, -0.05) is 0 Å². The summed E-state index contributed by atoms with van der Waals surface area (Å²) in [6, 6.07) is 6.38. The van der Waals surface area contributed by atoms with Gasteiger partial charge in [0, 0.05) is 30.7 Å². The van der Waals surface area contributed by atoms with Crippen LogP contribution < -0.4 is 5.32 Å². The van der Waals surface area contributed by atoms with Crippen LogP contribution in [0.3, 0.4) is 0 Å². The Morgan fingerprint density at radius 3 is 2.44 bits per heavy atom. The summed E-state index contributed by atoms with van der Waals surface area (Å²) in [5, 5.41) is 3.46. The third-order valence-corrected chi connectivity index (χ3v) is 3.57. The molecule has 18 heavy (non-hydrogen) atoms. The van der Waals surface area contributed by atoms with E-state index in [9.17, 15) is 0 Å². The second-order valence-corrected chi connectivity index (χ2v) is 4.89. The molecule has 96 valence electrons. The molecule has 2 aromatic heterocycles. The van der Waals surface area contributed by atoms with Gasteiger partial charge in [0.25, 0.3) is 0 Å². The van der Waals surface area contributed by atoms with Crippen molar-refractivity contribution in [3.05, 3.63) is 46.5 Å². The second kappa shape index (κ2) is 4.84. The number of aryl methyl sites for hydroxylation is 3. The van der Waals surface area contributed by atoms with Crippen molar-refractivity contribution in [2.75, 3.05) is 5.32 Å². The van der Waals surface area contributed by atoms with Crippen molar-refractivity contribution < 1.29 is 0 Å². The molecule has 3 heteroatoms. The van der Waals surface area contributed by atoms with Crippen molar-refractivity contribution in [2.24, 2.45) is 7.05 Å². The zero-order valence-corrected chi connectivity index (χ0v) is 11.8. The molecular formula is C15H21N3. The van der Waals surface area contributed by atoms with E-state index in [1.54, 1.807) is 0 Å². The number of aromatic nitrogens is 2. The molecule has 0 unspecified atom stereocenters. The molecule has 0 saturated carbocycles. The summed E-state index contributed by atoms with van der Waals surface area (Å²) in [4.78, 5) is 4.46. The van der Waals surface area contributed by atoms with Crippen molar-refractivity contribution >= 4 is 5.69 Å². The Balaban J connectivity index is 2.14. The van der Waals surface area contributed by atoms with E-state index < -0.39 is 0 Å². The highest BCUT2D eigenvalue weighted by molar-refractivity contribution is 5.48. The van der Waals surface area contributed by atoms with Crippen LogP contribution in [0.25, 0.3) is 0 Å². The highest BCUT2D eigenvalue weighted by Gasteiger charge is 2.06. The zero-order chi connectivity index (χ0) is 13.3. The van der Waals surface area contributed by atoms with Crippen LogP contribution >= 0.6 is 0 Å². The summed E-state index contributed by atoms with van der Waals surface area (Å²) >= 11 is 0. The fourth-order valence-electron chi connectivity index (χ4n) is 2.18. The van der Waals surface area contributed by atoms with Gasteiger partial charge in [-0.3, -0.25) is 4.98 Å². The number of hydrogen-bond donors (Lipinski definition) is 1. The summed E-state index contributed by atoms with van der Waals surface area (Å²) in [6.45, 7) is 9.19. The first kappa shape index (κ1) is 12.7. The smallest absolute Gasteiger partial charge is 0.0606 e. The Bertz CT molecular complexity index is 567. The zero-order valence-electron chi connectivity index (χ0n) is 11.8. The SMILES string of the molecule is Cc1ccc(NCc2cc(C)n(C)c2C)c(C)n1. The highest BCUT2D eigenvalue weighted by Crippen LogP contribution is 2.17. The number of nitrogens with zero attached hydrogens (tertiary/aromatic N) is 2. The lowest BCUT2D eigenvalue weighted by Crippen LogP contribution is -2.04. The van der Waals surface area contributed by atoms with Gasteiger partial charge in [-0.15, -0.1) is 0 Å². The summed E-state index contributed by atoms with van der Waals surface area (Å²) in [6.07, 6.45) is 0. The Labute approximate surface area is 109 Å².